The van der Waals surface area contributed by atoms with E-state index in [0.717, 1.165) is 12.1 Å². The molecule has 0 amide bonds. The first kappa shape index (κ1) is 13.1. The van der Waals surface area contributed by atoms with Gasteiger partial charge < -0.3 is 5.11 Å². The smallest absolute Gasteiger partial charge is 0.296 e. The Bertz CT molecular complexity index is 587. The quantitative estimate of drug-likeness (QED) is 0.648. The van der Waals surface area contributed by atoms with Crippen LogP contribution in [-0.2, 0) is 20.2 Å². The predicted molar refractivity (Wildman–Crippen MR) is 52.8 cm³/mol. The van der Waals surface area contributed by atoms with Crippen molar-refractivity contribution in [3.05, 3.63) is 29.8 Å². The summed E-state index contributed by atoms with van der Waals surface area (Å²) in [6.45, 7) is 0. The summed E-state index contributed by atoms with van der Waals surface area (Å²) in [6, 6.07) is 4.34. The van der Waals surface area contributed by atoms with Crippen molar-refractivity contribution >= 4 is 20.2 Å². The molecule has 1 rings (SSSR count). The van der Waals surface area contributed by atoms with Crippen LogP contribution >= 0.6 is 0 Å². The summed E-state index contributed by atoms with van der Waals surface area (Å²) >= 11 is 0. The summed E-state index contributed by atoms with van der Waals surface area (Å²) in [6.07, 6.45) is 0. The first-order valence-corrected chi connectivity index (χ1v) is 6.79. The van der Waals surface area contributed by atoms with Crippen molar-refractivity contribution in [2.45, 2.75) is 10.3 Å². The second-order valence-corrected chi connectivity index (χ2v) is 5.75. The van der Waals surface area contributed by atoms with Crippen LogP contribution in [0, 0.1) is 0 Å². The lowest BCUT2D eigenvalue weighted by Crippen LogP contribution is -2.15. The highest BCUT2D eigenvalue weighted by molar-refractivity contribution is 7.86. The fourth-order valence-corrected chi connectivity index (χ4v) is 2.41. The average Bonchev–Trinajstić information content (AvgIpc) is 2.14. The molecule has 9 heteroatoms. The summed E-state index contributed by atoms with van der Waals surface area (Å²) in [5, 5.41) is 9.19. The highest BCUT2D eigenvalue weighted by Gasteiger charge is 2.28. The Morgan fingerprint density at radius 2 is 1.50 bits per heavy atom. The molecule has 0 aliphatic heterocycles. The van der Waals surface area contributed by atoms with Crippen molar-refractivity contribution < 1.29 is 31.0 Å². The van der Waals surface area contributed by atoms with Gasteiger partial charge in [0.25, 0.3) is 20.2 Å². The van der Waals surface area contributed by atoms with Gasteiger partial charge in [-0.3, -0.25) is 9.11 Å². The monoisotopic (exact) mass is 268 g/mol. The van der Waals surface area contributed by atoms with Crippen LogP contribution in [0.15, 0.2) is 29.2 Å². The van der Waals surface area contributed by atoms with E-state index < -0.39 is 36.1 Å². The first-order chi connectivity index (χ1) is 7.14. The highest BCUT2D eigenvalue weighted by Crippen LogP contribution is 2.25. The number of hydrogen-bond donors (Lipinski definition) is 3. The molecule has 0 fully saturated rings. The van der Waals surface area contributed by atoms with E-state index in [9.17, 15) is 21.9 Å². The molecule has 1 unspecified atom stereocenters. The SMILES string of the molecule is O=S(=O)(O)c1ccccc1C(O)S(=O)(=O)O. The van der Waals surface area contributed by atoms with Crippen LogP contribution in [0.2, 0.25) is 0 Å². The van der Waals surface area contributed by atoms with Gasteiger partial charge >= 0.3 is 0 Å². The van der Waals surface area contributed by atoms with Gasteiger partial charge in [-0.25, -0.2) is 0 Å². The minimum atomic E-state index is -4.86. The molecule has 0 aromatic heterocycles. The summed E-state index contributed by atoms with van der Waals surface area (Å²) in [5.41, 5.74) is -3.04. The second-order valence-electron chi connectivity index (χ2n) is 2.88. The standard InChI is InChI=1S/C7H8O7S2/c8-7(16(12,13)14)5-3-1-2-4-6(5)15(9,10)11/h1-4,7-8H,(H,9,10,11)(H,12,13,14). The molecule has 0 saturated heterocycles. The topological polar surface area (TPSA) is 129 Å². The Labute approximate surface area is 91.8 Å². The lowest BCUT2D eigenvalue weighted by Gasteiger charge is -2.10. The first-order valence-electron chi connectivity index (χ1n) is 3.85. The van der Waals surface area contributed by atoms with E-state index in [1.807, 2.05) is 0 Å². The van der Waals surface area contributed by atoms with Gasteiger partial charge in [0.1, 0.15) is 4.90 Å². The number of aliphatic hydroxyl groups is 1. The fraction of sp³-hybridized carbons (Fsp3) is 0.143. The largest absolute Gasteiger partial charge is 0.371 e. The lowest BCUT2D eigenvalue weighted by atomic mass is 10.2. The molecule has 0 radical (unpaired) electrons. The van der Waals surface area contributed by atoms with Crippen molar-refractivity contribution in [1.29, 1.82) is 0 Å². The highest BCUT2D eigenvalue weighted by atomic mass is 32.2. The van der Waals surface area contributed by atoms with E-state index in [1.165, 1.54) is 12.1 Å². The van der Waals surface area contributed by atoms with Gasteiger partial charge in [-0.1, -0.05) is 18.2 Å². The van der Waals surface area contributed by atoms with Gasteiger partial charge in [-0.2, -0.15) is 16.8 Å². The minimum absolute atomic E-state index is 0.618. The lowest BCUT2D eigenvalue weighted by molar-refractivity contribution is 0.235. The van der Waals surface area contributed by atoms with Crippen molar-refractivity contribution in [1.82, 2.24) is 0 Å². The zero-order valence-corrected chi connectivity index (χ0v) is 9.31. The Morgan fingerprint density at radius 3 is 1.94 bits per heavy atom. The molecule has 1 atom stereocenters. The van der Waals surface area contributed by atoms with E-state index >= 15 is 0 Å². The maximum Gasteiger partial charge on any atom is 0.296 e. The van der Waals surface area contributed by atoms with Crippen molar-refractivity contribution in [2.24, 2.45) is 0 Å². The van der Waals surface area contributed by atoms with Crippen LogP contribution in [0.1, 0.15) is 11.0 Å². The molecule has 1 aromatic carbocycles. The molecule has 3 N–H and O–H groups in total. The third-order valence-corrected chi connectivity index (χ3v) is 3.49. The maximum atomic E-state index is 10.9. The number of aliphatic hydroxyl groups excluding tert-OH is 1. The predicted octanol–water partition coefficient (Wildman–Crippen LogP) is -0.188. The Morgan fingerprint density at radius 1 is 1.00 bits per heavy atom. The summed E-state index contributed by atoms with van der Waals surface area (Å²) in [7, 11) is -9.53. The van der Waals surface area contributed by atoms with E-state index in [2.05, 4.69) is 0 Å². The summed E-state index contributed by atoms with van der Waals surface area (Å²) in [5.74, 6) is 0. The van der Waals surface area contributed by atoms with Crippen LogP contribution < -0.4 is 0 Å². The molecule has 0 bridgehead atoms. The summed E-state index contributed by atoms with van der Waals surface area (Å²) in [4.78, 5) is -0.778. The van der Waals surface area contributed by atoms with Crippen molar-refractivity contribution in [2.75, 3.05) is 0 Å². The number of rotatable bonds is 3. The Hall–Kier alpha value is -1.00. The zero-order valence-electron chi connectivity index (χ0n) is 7.68. The van der Waals surface area contributed by atoms with Gasteiger partial charge in [0, 0.05) is 5.56 Å². The van der Waals surface area contributed by atoms with E-state index in [0.29, 0.717) is 0 Å². The molecule has 16 heavy (non-hydrogen) atoms. The Balaban J connectivity index is 3.48. The van der Waals surface area contributed by atoms with Crippen molar-refractivity contribution in [3.8, 4) is 0 Å². The third kappa shape index (κ3) is 2.77. The maximum absolute atomic E-state index is 10.9. The van der Waals surface area contributed by atoms with Gasteiger partial charge in [0.05, 0.1) is 0 Å². The molecule has 0 aliphatic rings. The molecule has 0 aliphatic carbocycles. The molecule has 90 valence electrons. The molecule has 7 nitrogen and oxygen atoms in total. The molecule has 0 heterocycles. The van der Waals surface area contributed by atoms with Crippen LogP contribution in [0.4, 0.5) is 0 Å². The summed E-state index contributed by atoms with van der Waals surface area (Å²) < 4.78 is 60.3. The zero-order chi connectivity index (χ0) is 12.6. The Kier molecular flexibility index (Phi) is 3.35. The second kappa shape index (κ2) is 4.11. The van der Waals surface area contributed by atoms with Crippen LogP contribution in [0.3, 0.4) is 0 Å². The van der Waals surface area contributed by atoms with Crippen LogP contribution in [-0.4, -0.2) is 31.0 Å². The molecular formula is C7H8O7S2. The molecule has 0 spiro atoms. The van der Waals surface area contributed by atoms with E-state index in [-0.39, 0.29) is 0 Å². The molecular weight excluding hydrogens is 260 g/mol. The number of hydrogen-bond acceptors (Lipinski definition) is 5. The minimum Gasteiger partial charge on any atom is -0.371 e. The van der Waals surface area contributed by atoms with E-state index in [4.69, 9.17) is 9.11 Å². The van der Waals surface area contributed by atoms with Gasteiger partial charge in [-0.05, 0) is 6.07 Å². The van der Waals surface area contributed by atoms with Crippen LogP contribution in [0.25, 0.3) is 0 Å². The van der Waals surface area contributed by atoms with E-state index in [1.54, 1.807) is 0 Å². The normalized spacial score (nSPS) is 14.7. The van der Waals surface area contributed by atoms with Crippen LogP contribution in [0.5, 0.6) is 0 Å². The van der Waals surface area contributed by atoms with Gasteiger partial charge in [0.2, 0.25) is 5.44 Å². The average molecular weight is 268 g/mol. The number of benzene rings is 1. The fourth-order valence-electron chi connectivity index (χ4n) is 1.08. The van der Waals surface area contributed by atoms with Crippen molar-refractivity contribution in [3.63, 3.8) is 0 Å². The molecule has 1 aromatic rings. The molecule has 0 saturated carbocycles. The third-order valence-electron chi connectivity index (χ3n) is 1.75. The van der Waals surface area contributed by atoms with Gasteiger partial charge in [0.15, 0.2) is 0 Å². The van der Waals surface area contributed by atoms with Gasteiger partial charge in [-0.15, -0.1) is 0 Å².